The van der Waals surface area contributed by atoms with E-state index in [0.717, 1.165) is 21.8 Å². The normalized spacial score (nSPS) is 12.2. The van der Waals surface area contributed by atoms with Crippen LogP contribution in [0.4, 0.5) is 0 Å². The van der Waals surface area contributed by atoms with Crippen molar-refractivity contribution in [2.45, 2.75) is 65.2 Å². The van der Waals surface area contributed by atoms with E-state index in [2.05, 4.69) is 219 Å². The third-order valence-corrected chi connectivity index (χ3v) is 12.2. The van der Waals surface area contributed by atoms with Gasteiger partial charge in [0.1, 0.15) is 0 Å². The van der Waals surface area contributed by atoms with Crippen LogP contribution in [0.5, 0.6) is 0 Å². The monoisotopic (exact) mass is 978 g/mol. The van der Waals surface area contributed by atoms with E-state index in [1.165, 1.54) is 94.2 Å². The number of halogens is 4. The molecule has 2 aliphatic carbocycles. The number of hydrogen-bond donors (Lipinski definition) is 0. The molecule has 284 valence electrons. The Kier molecular flexibility index (Phi) is 16.5. The Morgan fingerprint density at radius 1 is 0.589 bits per heavy atom. The third kappa shape index (κ3) is 11.4. The Hall–Kier alpha value is -2.91. The molecule has 6 aromatic rings. The largest absolute Gasteiger partial charge is 0.273 e. The van der Waals surface area contributed by atoms with Crippen LogP contribution in [0.2, 0.25) is 0 Å². The van der Waals surface area contributed by atoms with Gasteiger partial charge in [-0.15, -0.1) is 60.1 Å². The molecule has 0 aromatic heterocycles. The van der Waals surface area contributed by atoms with E-state index in [-0.39, 0.29) is 35.6 Å². The minimum absolute atomic E-state index is 0. The van der Waals surface area contributed by atoms with Crippen LogP contribution in [0.1, 0.15) is 81.3 Å². The van der Waals surface area contributed by atoms with Crippen molar-refractivity contribution < 1.29 is 24.2 Å². The second-order valence-electron chi connectivity index (χ2n) is 15.8. The molecule has 0 aliphatic heterocycles. The van der Waals surface area contributed by atoms with Gasteiger partial charge in [-0.05, 0) is 39.5 Å². The van der Waals surface area contributed by atoms with Gasteiger partial charge < -0.3 is 0 Å². The van der Waals surface area contributed by atoms with E-state index in [9.17, 15) is 0 Å². The first-order chi connectivity index (χ1) is 25.8. The summed E-state index contributed by atoms with van der Waals surface area (Å²) >= 11 is 8.34. The molecule has 2 aliphatic rings. The predicted molar refractivity (Wildman–Crippen MR) is 249 cm³/mol. The summed E-state index contributed by atoms with van der Waals surface area (Å²) in [4.78, 5) is 0. The number of rotatable bonds is 4. The smallest absolute Gasteiger partial charge is 0.0126 e. The molecule has 0 spiro atoms. The Balaban J connectivity index is 0.000000252. The van der Waals surface area contributed by atoms with Crippen molar-refractivity contribution in [2.75, 3.05) is 0 Å². The van der Waals surface area contributed by atoms with Gasteiger partial charge in [0.25, 0.3) is 0 Å². The number of allylic oxidation sites excluding steroid dienone is 4. The van der Waals surface area contributed by atoms with Crippen molar-refractivity contribution >= 4 is 59.9 Å². The molecule has 0 heterocycles. The van der Waals surface area contributed by atoms with Crippen molar-refractivity contribution in [3.8, 4) is 33.4 Å². The average molecular weight is 983 g/mol. The van der Waals surface area contributed by atoms with Crippen molar-refractivity contribution in [3.05, 3.63) is 200 Å². The number of benzene rings is 6. The first kappa shape index (κ1) is 45.8. The molecule has 0 nitrogen and oxygen atoms in total. The van der Waals surface area contributed by atoms with Crippen LogP contribution in [0.3, 0.4) is 0 Å². The summed E-state index contributed by atoms with van der Waals surface area (Å²) in [6, 6.07) is 49.8. The zero-order valence-corrected chi connectivity index (χ0v) is 40.1. The summed E-state index contributed by atoms with van der Waals surface area (Å²) in [6.07, 6.45) is 10.9. The molecule has 0 N–H and O–H groups in total. The zero-order chi connectivity index (χ0) is 38.5. The molecule has 56 heavy (non-hydrogen) atoms. The van der Waals surface area contributed by atoms with E-state index in [1.54, 1.807) is 0 Å². The summed E-state index contributed by atoms with van der Waals surface area (Å²) in [5.74, 6) is 0. The molecule has 0 atom stereocenters. The maximum Gasteiger partial charge on any atom is -0.0126 e. The summed E-state index contributed by atoms with van der Waals surface area (Å²) in [7, 11) is 0. The first-order valence-corrected chi connectivity index (χ1v) is 21.3. The molecule has 8 rings (SSSR count). The fourth-order valence-electron chi connectivity index (χ4n) is 6.84. The van der Waals surface area contributed by atoms with Crippen LogP contribution in [0.15, 0.2) is 155 Å². The van der Waals surface area contributed by atoms with Gasteiger partial charge in [0, 0.05) is 0 Å². The standard InChI is InChI=1S/C33H33.C13H8Br2.C5H5.2ClH.Zr/c1-32(2,3)30-20-26-24(18-28(30)22-13-9-7-10-14-22)17-25-19-29(23-15-11-8-12-16-23)31(21-27(25)26)33(4,5)6;14-12-5-1-10(2-6-12)9-11-3-7-13(15)8-4-11;1-2-4-5-3-1;;;/h7-16,18,20-21H,17H2,1-6H3;1-8H;1-3H,4H2;2*1H;/q-1;;-1;;;+2. The third-order valence-electron chi connectivity index (χ3n) is 9.67. The van der Waals surface area contributed by atoms with Crippen LogP contribution < -0.4 is 0 Å². The molecular weight excluding hydrogens is 934 g/mol. The Morgan fingerprint density at radius 3 is 1.54 bits per heavy atom. The maximum absolute atomic E-state index is 3.88. The van der Waals surface area contributed by atoms with E-state index < -0.39 is 0 Å². The van der Waals surface area contributed by atoms with Gasteiger partial charge in [-0.2, -0.15) is 6.08 Å². The number of fused-ring (bicyclic) bond motifs is 3. The Labute approximate surface area is 379 Å². The molecule has 0 radical (unpaired) electrons. The van der Waals surface area contributed by atoms with E-state index >= 15 is 0 Å². The topological polar surface area (TPSA) is 0 Å². The predicted octanol–water partition coefficient (Wildman–Crippen LogP) is 15.5. The van der Waals surface area contributed by atoms with Crippen LogP contribution in [-0.4, -0.2) is 3.21 Å². The zero-order valence-electron chi connectivity index (χ0n) is 32.8. The van der Waals surface area contributed by atoms with Crippen LogP contribution in [-0.2, 0) is 41.5 Å². The number of hydrogen-bond acceptors (Lipinski definition) is 0. The molecule has 0 fully saturated rings. The van der Waals surface area contributed by atoms with Crippen LogP contribution in [0, 0.1) is 12.1 Å². The first-order valence-electron chi connectivity index (χ1n) is 18.5. The SMILES string of the molecule is Brc1ccc([C](=[Zr+2])c2ccc(Br)cc2)cc1.CC(C)(C)c1cc2c([c-]c1-c1ccccc1)Cc1cc(-c3ccccc3)c(C(C)(C)C)cc1-2.Cl.Cl.[C-]1=CC=CC1. The fraction of sp³-hybridized carbons (Fsp3) is 0.196. The van der Waals surface area contributed by atoms with Crippen LogP contribution in [0.25, 0.3) is 33.4 Å². The van der Waals surface area contributed by atoms with Crippen LogP contribution >= 0.6 is 56.7 Å². The van der Waals surface area contributed by atoms with E-state index in [4.69, 9.17) is 0 Å². The average Bonchev–Trinajstić information content (AvgIpc) is 3.86. The summed E-state index contributed by atoms with van der Waals surface area (Å²) < 4.78 is 3.62. The second-order valence-corrected chi connectivity index (χ2v) is 18.9. The molecule has 0 amide bonds. The van der Waals surface area contributed by atoms with Gasteiger partial charge in [-0.3, -0.25) is 6.08 Å². The molecule has 5 heteroatoms. The van der Waals surface area contributed by atoms with E-state index in [0.29, 0.717) is 0 Å². The molecule has 0 saturated heterocycles. The van der Waals surface area contributed by atoms with Gasteiger partial charge in [-0.25, -0.2) is 12.2 Å². The second kappa shape index (κ2) is 20.2. The molecule has 0 unspecified atom stereocenters. The summed E-state index contributed by atoms with van der Waals surface area (Å²) in [6.45, 7) is 13.9. The molecule has 0 bridgehead atoms. The quantitative estimate of drug-likeness (QED) is 0.154. The fourth-order valence-corrected chi connectivity index (χ4v) is 8.19. The Morgan fingerprint density at radius 2 is 1.09 bits per heavy atom. The Bertz CT molecular complexity index is 2130. The van der Waals surface area contributed by atoms with Gasteiger partial charge in [-0.1, -0.05) is 131 Å². The molecule has 0 saturated carbocycles. The van der Waals surface area contributed by atoms with E-state index in [1.807, 2.05) is 12.2 Å². The van der Waals surface area contributed by atoms with Crippen molar-refractivity contribution in [1.82, 2.24) is 0 Å². The van der Waals surface area contributed by atoms with Gasteiger partial charge in [0.05, 0.1) is 0 Å². The van der Waals surface area contributed by atoms with Crippen molar-refractivity contribution in [2.24, 2.45) is 0 Å². The maximum atomic E-state index is 3.88. The van der Waals surface area contributed by atoms with Gasteiger partial charge >= 0.3 is 128 Å². The molecule has 6 aromatic carbocycles. The molecular formula is C51H48Br2Cl2Zr. The minimum Gasteiger partial charge on any atom is -0.273 e. The van der Waals surface area contributed by atoms with Gasteiger partial charge in [0.2, 0.25) is 0 Å². The summed E-state index contributed by atoms with van der Waals surface area (Å²) in [5, 5.41) is 0. The minimum atomic E-state index is 0. The van der Waals surface area contributed by atoms with Crippen molar-refractivity contribution in [1.29, 1.82) is 0 Å². The summed E-state index contributed by atoms with van der Waals surface area (Å²) in [5.41, 5.74) is 16.1. The van der Waals surface area contributed by atoms with Crippen molar-refractivity contribution in [3.63, 3.8) is 0 Å². The van der Waals surface area contributed by atoms with Gasteiger partial charge in [0.15, 0.2) is 0 Å².